The summed E-state index contributed by atoms with van der Waals surface area (Å²) in [6.07, 6.45) is -3.48. The standard InChI is InChI=1S/C22H27N3O2.2C2HF3O2/c1-27-20-7-5-18(6-8-20)15-24-12-3-9-22(17-24)10-13-25(21(22)26)16-19-4-2-11-23-14-19;2*3-2(4,5)1(6)7/h2,4-8,11,14H,3,9-10,12-13,15-17H2,1H3;2*(H,6,7). The Labute approximate surface area is 231 Å². The highest BCUT2D eigenvalue weighted by Gasteiger charge is 2.48. The number of ether oxygens (including phenoxy) is 1. The van der Waals surface area contributed by atoms with Crippen LogP contribution in [0.1, 0.15) is 30.4 Å². The molecule has 15 heteroatoms. The molecule has 0 saturated carbocycles. The molecular formula is C26H29F6N3O6. The van der Waals surface area contributed by atoms with Gasteiger partial charge in [0, 0.05) is 38.6 Å². The molecule has 2 aliphatic heterocycles. The Hall–Kier alpha value is -3.88. The average Bonchev–Trinajstić information content (AvgIpc) is 3.18. The van der Waals surface area contributed by atoms with Crippen molar-refractivity contribution in [2.45, 2.75) is 44.7 Å². The van der Waals surface area contributed by atoms with Gasteiger partial charge in [0.25, 0.3) is 0 Å². The number of halogens is 6. The van der Waals surface area contributed by atoms with E-state index in [1.54, 1.807) is 13.3 Å². The third-order valence-corrected chi connectivity index (χ3v) is 6.40. The number of carbonyl (C=O) groups excluding carboxylic acids is 1. The molecule has 2 aliphatic rings. The number of hydrogen-bond acceptors (Lipinski definition) is 6. The molecule has 41 heavy (non-hydrogen) atoms. The van der Waals surface area contributed by atoms with E-state index in [0.29, 0.717) is 12.5 Å². The SMILES string of the molecule is COc1ccc(CN2CCCC3(CCN(Cc4cccnc4)C3=O)C2)cc1.O=C(O)C(F)(F)F.O=C(O)C(F)(F)F. The van der Waals surface area contributed by atoms with Gasteiger partial charge in [-0.2, -0.15) is 26.3 Å². The van der Waals surface area contributed by atoms with Gasteiger partial charge in [-0.25, -0.2) is 9.59 Å². The molecule has 0 radical (unpaired) electrons. The Bertz CT molecular complexity index is 1140. The van der Waals surface area contributed by atoms with Crippen LogP contribution in [0.2, 0.25) is 0 Å². The highest BCUT2D eigenvalue weighted by Crippen LogP contribution is 2.41. The van der Waals surface area contributed by atoms with Crippen LogP contribution in [-0.2, 0) is 27.5 Å². The van der Waals surface area contributed by atoms with Crippen molar-refractivity contribution in [1.82, 2.24) is 14.8 Å². The van der Waals surface area contributed by atoms with E-state index >= 15 is 0 Å². The van der Waals surface area contributed by atoms with Gasteiger partial charge in [-0.15, -0.1) is 0 Å². The summed E-state index contributed by atoms with van der Waals surface area (Å²) >= 11 is 0. The molecule has 2 aromatic rings. The second kappa shape index (κ2) is 14.1. The summed E-state index contributed by atoms with van der Waals surface area (Å²) in [4.78, 5) is 39.7. The van der Waals surface area contributed by atoms with Gasteiger partial charge in [0.2, 0.25) is 5.91 Å². The highest BCUT2D eigenvalue weighted by molar-refractivity contribution is 5.85. The van der Waals surface area contributed by atoms with Crippen molar-refractivity contribution in [3.63, 3.8) is 0 Å². The van der Waals surface area contributed by atoms with E-state index < -0.39 is 24.3 Å². The van der Waals surface area contributed by atoms with Crippen molar-refractivity contribution in [3.8, 4) is 5.75 Å². The lowest BCUT2D eigenvalue weighted by atomic mass is 9.78. The minimum atomic E-state index is -5.08. The molecule has 2 fully saturated rings. The fraction of sp³-hybridized carbons (Fsp3) is 0.462. The number of carboxylic acids is 2. The van der Waals surface area contributed by atoms with Crippen LogP contribution in [0.4, 0.5) is 26.3 Å². The van der Waals surface area contributed by atoms with Gasteiger partial charge >= 0.3 is 24.3 Å². The number of carboxylic acid groups (broad SMARTS) is 2. The Morgan fingerprint density at radius 2 is 1.51 bits per heavy atom. The van der Waals surface area contributed by atoms with Crippen molar-refractivity contribution in [3.05, 3.63) is 59.9 Å². The van der Waals surface area contributed by atoms with E-state index in [0.717, 1.165) is 56.8 Å². The average molecular weight is 594 g/mol. The first-order chi connectivity index (χ1) is 19.1. The Kier molecular flexibility index (Phi) is 11.5. The summed E-state index contributed by atoms with van der Waals surface area (Å²) in [6, 6.07) is 12.2. The van der Waals surface area contributed by atoms with E-state index in [9.17, 15) is 31.1 Å². The van der Waals surface area contributed by atoms with Crippen LogP contribution in [0.15, 0.2) is 48.8 Å². The number of rotatable bonds is 5. The first-order valence-corrected chi connectivity index (χ1v) is 12.2. The zero-order chi connectivity index (χ0) is 30.8. The molecule has 2 saturated heterocycles. The molecule has 2 N–H and O–H groups in total. The topological polar surface area (TPSA) is 120 Å². The lowest BCUT2D eigenvalue weighted by molar-refractivity contribution is -0.193. The molecule has 1 spiro atoms. The molecule has 1 amide bonds. The third-order valence-electron chi connectivity index (χ3n) is 6.40. The number of benzene rings is 1. The van der Waals surface area contributed by atoms with Crippen LogP contribution in [-0.4, -0.2) is 81.9 Å². The molecule has 3 heterocycles. The summed E-state index contributed by atoms with van der Waals surface area (Å²) in [5.74, 6) is -4.31. The number of hydrogen-bond donors (Lipinski definition) is 2. The monoisotopic (exact) mass is 593 g/mol. The van der Waals surface area contributed by atoms with Crippen LogP contribution < -0.4 is 4.74 Å². The van der Waals surface area contributed by atoms with E-state index in [4.69, 9.17) is 24.5 Å². The lowest BCUT2D eigenvalue weighted by Gasteiger charge is -2.39. The number of aromatic nitrogens is 1. The number of alkyl halides is 6. The van der Waals surface area contributed by atoms with Gasteiger partial charge in [-0.3, -0.25) is 14.7 Å². The number of nitrogens with zero attached hydrogens (tertiary/aromatic N) is 3. The van der Waals surface area contributed by atoms with Crippen molar-refractivity contribution >= 4 is 17.8 Å². The zero-order valence-corrected chi connectivity index (χ0v) is 21.9. The van der Waals surface area contributed by atoms with Gasteiger partial charge in [0.1, 0.15) is 5.75 Å². The molecule has 1 unspecified atom stereocenters. The number of aliphatic carboxylic acids is 2. The van der Waals surface area contributed by atoms with E-state index in [1.165, 1.54) is 5.56 Å². The maximum Gasteiger partial charge on any atom is 0.490 e. The maximum absolute atomic E-state index is 13.2. The molecule has 1 aromatic carbocycles. The van der Waals surface area contributed by atoms with E-state index in [-0.39, 0.29) is 5.41 Å². The van der Waals surface area contributed by atoms with Crippen molar-refractivity contribution in [1.29, 1.82) is 0 Å². The summed E-state index contributed by atoms with van der Waals surface area (Å²) in [7, 11) is 1.69. The molecule has 1 atom stereocenters. The van der Waals surface area contributed by atoms with E-state index in [2.05, 4.69) is 22.0 Å². The largest absolute Gasteiger partial charge is 0.497 e. The van der Waals surface area contributed by atoms with Gasteiger partial charge in [-0.1, -0.05) is 18.2 Å². The van der Waals surface area contributed by atoms with Gasteiger partial charge < -0.3 is 19.8 Å². The Morgan fingerprint density at radius 1 is 0.927 bits per heavy atom. The van der Waals surface area contributed by atoms with Crippen molar-refractivity contribution in [2.75, 3.05) is 26.7 Å². The fourth-order valence-electron chi connectivity index (χ4n) is 4.49. The predicted molar refractivity (Wildman–Crippen MR) is 132 cm³/mol. The summed E-state index contributed by atoms with van der Waals surface area (Å²) in [5.41, 5.74) is 2.17. The first kappa shape index (κ1) is 33.3. The van der Waals surface area contributed by atoms with Crippen LogP contribution in [0.3, 0.4) is 0 Å². The first-order valence-electron chi connectivity index (χ1n) is 12.2. The molecule has 0 bridgehead atoms. The van der Waals surface area contributed by atoms with Crippen LogP contribution in [0, 0.1) is 5.41 Å². The number of pyridine rings is 1. The lowest BCUT2D eigenvalue weighted by Crippen LogP contribution is -2.47. The van der Waals surface area contributed by atoms with Crippen molar-refractivity contribution in [2.24, 2.45) is 5.41 Å². The van der Waals surface area contributed by atoms with Crippen LogP contribution in [0.5, 0.6) is 5.75 Å². The van der Waals surface area contributed by atoms with Crippen molar-refractivity contribution < 1.29 is 55.7 Å². The van der Waals surface area contributed by atoms with Gasteiger partial charge in [0.05, 0.1) is 12.5 Å². The molecule has 0 aliphatic carbocycles. The number of methoxy groups -OCH3 is 1. The third kappa shape index (κ3) is 10.2. The molecule has 1 aromatic heterocycles. The summed E-state index contributed by atoms with van der Waals surface area (Å²) in [6.45, 7) is 4.34. The molecule has 226 valence electrons. The minimum absolute atomic E-state index is 0.201. The minimum Gasteiger partial charge on any atom is -0.497 e. The number of carbonyl (C=O) groups is 3. The number of amides is 1. The smallest absolute Gasteiger partial charge is 0.490 e. The number of likely N-dealkylation sites (tertiary alicyclic amines) is 2. The maximum atomic E-state index is 13.2. The van der Waals surface area contributed by atoms with Gasteiger partial charge in [0.15, 0.2) is 0 Å². The predicted octanol–water partition coefficient (Wildman–Crippen LogP) is 4.37. The highest BCUT2D eigenvalue weighted by atomic mass is 19.4. The van der Waals surface area contributed by atoms with Crippen LogP contribution in [0.25, 0.3) is 0 Å². The van der Waals surface area contributed by atoms with Gasteiger partial charge in [-0.05, 0) is 55.1 Å². The fourth-order valence-corrected chi connectivity index (χ4v) is 4.49. The molecule has 4 rings (SSSR count). The van der Waals surface area contributed by atoms with E-state index in [1.807, 2.05) is 35.4 Å². The normalized spacial score (nSPS) is 19.1. The molecule has 9 nitrogen and oxygen atoms in total. The summed E-state index contributed by atoms with van der Waals surface area (Å²) in [5, 5.41) is 14.2. The Morgan fingerprint density at radius 3 is 2.00 bits per heavy atom. The molecular weight excluding hydrogens is 564 g/mol. The second-order valence-electron chi connectivity index (χ2n) is 9.39. The zero-order valence-electron chi connectivity index (χ0n) is 21.9. The Balaban J connectivity index is 0.000000349. The quantitative estimate of drug-likeness (QED) is 0.491. The summed E-state index contributed by atoms with van der Waals surface area (Å²) < 4.78 is 68.7. The second-order valence-corrected chi connectivity index (χ2v) is 9.39. The van der Waals surface area contributed by atoms with Crippen LogP contribution >= 0.6 is 0 Å². The number of piperidine rings is 1.